The Morgan fingerprint density at radius 2 is 2.40 bits per heavy atom. The SMILES string of the molecule is [B]N[C@H](C)C(=NCC)SC. The first-order chi connectivity index (χ1) is 4.76. The van der Waals surface area contributed by atoms with Gasteiger partial charge in [-0.1, -0.05) is 0 Å². The highest BCUT2D eigenvalue weighted by molar-refractivity contribution is 8.13. The van der Waals surface area contributed by atoms with Crippen molar-refractivity contribution in [2.24, 2.45) is 4.99 Å². The first-order valence-corrected chi connectivity index (χ1v) is 4.53. The van der Waals surface area contributed by atoms with Crippen LogP contribution in [0.3, 0.4) is 0 Å². The average Bonchev–Trinajstić information content (AvgIpc) is 1.99. The Morgan fingerprint density at radius 3 is 2.70 bits per heavy atom. The van der Waals surface area contributed by atoms with E-state index in [1.54, 1.807) is 11.8 Å². The van der Waals surface area contributed by atoms with Gasteiger partial charge in [-0.25, -0.2) is 0 Å². The van der Waals surface area contributed by atoms with Gasteiger partial charge in [0, 0.05) is 12.6 Å². The molecule has 0 aromatic rings. The van der Waals surface area contributed by atoms with Crippen LogP contribution in [0.25, 0.3) is 0 Å². The fraction of sp³-hybridized carbons (Fsp3) is 0.833. The maximum absolute atomic E-state index is 5.23. The van der Waals surface area contributed by atoms with Crippen LogP contribution in [0.2, 0.25) is 0 Å². The van der Waals surface area contributed by atoms with Gasteiger partial charge in [-0.3, -0.25) is 4.99 Å². The maximum Gasteiger partial charge on any atom is 0.178 e. The summed E-state index contributed by atoms with van der Waals surface area (Å²) in [5.74, 6) is 0. The van der Waals surface area contributed by atoms with E-state index >= 15 is 0 Å². The summed E-state index contributed by atoms with van der Waals surface area (Å²) in [5.41, 5.74) is 0. The standard InChI is InChI=1S/C6H13BN2S/c1-4-8-6(10-3)5(2)9-7/h5,9H,4H2,1-3H3/t5-/m1/s1. The number of hydrogen-bond donors (Lipinski definition) is 1. The zero-order chi connectivity index (χ0) is 7.98. The molecule has 0 bridgehead atoms. The quantitative estimate of drug-likeness (QED) is 0.371. The first kappa shape index (κ1) is 10.0. The van der Waals surface area contributed by atoms with E-state index < -0.39 is 0 Å². The van der Waals surface area contributed by atoms with Crippen LogP contribution >= 0.6 is 11.8 Å². The summed E-state index contributed by atoms with van der Waals surface area (Å²) in [4.78, 5) is 4.25. The summed E-state index contributed by atoms with van der Waals surface area (Å²) in [6.45, 7) is 4.83. The topological polar surface area (TPSA) is 24.4 Å². The van der Waals surface area contributed by atoms with Crippen LogP contribution in [0.5, 0.6) is 0 Å². The number of thioether (sulfide) groups is 1. The number of aliphatic imine (C=N–C) groups is 1. The Labute approximate surface area is 68.3 Å². The number of nitrogens with zero attached hydrogens (tertiary/aromatic N) is 1. The fourth-order valence-corrected chi connectivity index (χ4v) is 1.29. The molecule has 0 aliphatic heterocycles. The van der Waals surface area contributed by atoms with Crippen molar-refractivity contribution < 1.29 is 0 Å². The van der Waals surface area contributed by atoms with Crippen LogP contribution < -0.4 is 5.23 Å². The van der Waals surface area contributed by atoms with E-state index in [1.807, 2.05) is 20.1 Å². The van der Waals surface area contributed by atoms with Gasteiger partial charge in [0.1, 0.15) is 0 Å². The van der Waals surface area contributed by atoms with Crippen molar-refractivity contribution >= 4 is 24.8 Å². The summed E-state index contributed by atoms with van der Waals surface area (Å²) >= 11 is 1.63. The molecule has 0 rings (SSSR count). The lowest BCUT2D eigenvalue weighted by Gasteiger charge is -2.10. The number of hydrogen-bond acceptors (Lipinski definition) is 3. The lowest BCUT2D eigenvalue weighted by atomic mass is 10.3. The molecule has 2 nitrogen and oxygen atoms in total. The predicted molar refractivity (Wildman–Crippen MR) is 49.8 cm³/mol. The highest BCUT2D eigenvalue weighted by Crippen LogP contribution is 2.02. The summed E-state index contributed by atoms with van der Waals surface area (Å²) in [6.07, 6.45) is 2.00. The van der Waals surface area contributed by atoms with Gasteiger partial charge in [0.05, 0.1) is 5.04 Å². The molecule has 10 heavy (non-hydrogen) atoms. The van der Waals surface area contributed by atoms with Crippen molar-refractivity contribution in [3.8, 4) is 0 Å². The second kappa shape index (κ2) is 5.80. The van der Waals surface area contributed by atoms with E-state index in [1.165, 1.54) is 0 Å². The van der Waals surface area contributed by atoms with Gasteiger partial charge in [0.25, 0.3) is 0 Å². The Morgan fingerprint density at radius 1 is 1.80 bits per heavy atom. The third-order valence-electron chi connectivity index (χ3n) is 1.14. The van der Waals surface area contributed by atoms with Crippen LogP contribution in [0.15, 0.2) is 4.99 Å². The van der Waals surface area contributed by atoms with Gasteiger partial charge in [0.2, 0.25) is 0 Å². The van der Waals surface area contributed by atoms with Gasteiger partial charge in [-0.05, 0) is 20.1 Å². The van der Waals surface area contributed by atoms with Gasteiger partial charge in [-0.2, -0.15) is 0 Å². The van der Waals surface area contributed by atoms with E-state index in [4.69, 9.17) is 7.98 Å². The lowest BCUT2D eigenvalue weighted by Crippen LogP contribution is -2.30. The third kappa shape index (κ3) is 3.27. The van der Waals surface area contributed by atoms with Crippen LogP contribution in [0.1, 0.15) is 13.8 Å². The highest BCUT2D eigenvalue weighted by atomic mass is 32.2. The lowest BCUT2D eigenvalue weighted by molar-refractivity contribution is 0.886. The number of rotatable bonds is 3. The fourth-order valence-electron chi connectivity index (χ4n) is 0.605. The Bertz CT molecular complexity index is 116. The van der Waals surface area contributed by atoms with E-state index in [2.05, 4.69) is 10.2 Å². The molecule has 0 aromatic carbocycles. The molecule has 0 spiro atoms. The van der Waals surface area contributed by atoms with Gasteiger partial charge in [0.15, 0.2) is 7.98 Å². The molecule has 0 unspecified atom stereocenters. The smallest absolute Gasteiger partial charge is 0.178 e. The Kier molecular flexibility index (Phi) is 5.83. The monoisotopic (exact) mass is 156 g/mol. The molecule has 0 fully saturated rings. The zero-order valence-corrected chi connectivity index (χ0v) is 7.53. The molecule has 56 valence electrons. The molecule has 4 heteroatoms. The van der Waals surface area contributed by atoms with Gasteiger partial charge >= 0.3 is 0 Å². The Balaban J connectivity index is 3.92. The Hall–Kier alpha value is 0.0449. The van der Waals surface area contributed by atoms with Gasteiger partial charge in [-0.15, -0.1) is 11.8 Å². The normalized spacial score (nSPS) is 15.3. The van der Waals surface area contributed by atoms with E-state index in [0.717, 1.165) is 11.6 Å². The van der Waals surface area contributed by atoms with E-state index in [0.29, 0.717) is 0 Å². The van der Waals surface area contributed by atoms with Crippen LogP contribution in [-0.2, 0) is 0 Å². The van der Waals surface area contributed by atoms with Crippen molar-refractivity contribution in [2.45, 2.75) is 19.9 Å². The number of nitrogens with one attached hydrogen (secondary N) is 1. The van der Waals surface area contributed by atoms with E-state index in [-0.39, 0.29) is 6.04 Å². The largest absolute Gasteiger partial charge is 0.359 e. The molecule has 0 saturated heterocycles. The first-order valence-electron chi connectivity index (χ1n) is 3.30. The van der Waals surface area contributed by atoms with Crippen LogP contribution in [-0.4, -0.2) is 31.9 Å². The molecule has 0 heterocycles. The second-order valence-electron chi connectivity index (χ2n) is 1.91. The van der Waals surface area contributed by atoms with Crippen molar-refractivity contribution in [3.05, 3.63) is 0 Å². The minimum absolute atomic E-state index is 0.176. The van der Waals surface area contributed by atoms with Crippen molar-refractivity contribution in [1.29, 1.82) is 0 Å². The average molecular weight is 156 g/mol. The van der Waals surface area contributed by atoms with Crippen LogP contribution in [0.4, 0.5) is 0 Å². The minimum atomic E-state index is 0.176. The zero-order valence-electron chi connectivity index (χ0n) is 6.72. The molecule has 1 N–H and O–H groups in total. The molecule has 2 radical (unpaired) electrons. The summed E-state index contributed by atoms with van der Waals surface area (Å²) in [7, 11) is 5.23. The summed E-state index contributed by atoms with van der Waals surface area (Å²) in [5, 5.41) is 3.71. The third-order valence-corrected chi connectivity index (χ3v) is 2.04. The van der Waals surface area contributed by atoms with Gasteiger partial charge < -0.3 is 5.23 Å². The molecule has 1 atom stereocenters. The van der Waals surface area contributed by atoms with Crippen molar-refractivity contribution in [2.75, 3.05) is 12.8 Å². The van der Waals surface area contributed by atoms with Crippen molar-refractivity contribution in [3.63, 3.8) is 0 Å². The summed E-state index contributed by atoms with van der Waals surface area (Å²) < 4.78 is 0. The molecule has 0 amide bonds. The summed E-state index contributed by atoms with van der Waals surface area (Å²) in [6, 6.07) is 0.176. The van der Waals surface area contributed by atoms with Crippen molar-refractivity contribution in [1.82, 2.24) is 5.23 Å². The van der Waals surface area contributed by atoms with E-state index in [9.17, 15) is 0 Å². The highest BCUT2D eigenvalue weighted by Gasteiger charge is 2.03. The predicted octanol–water partition coefficient (Wildman–Crippen LogP) is 0.829. The maximum atomic E-state index is 5.23. The second-order valence-corrected chi connectivity index (χ2v) is 2.73. The minimum Gasteiger partial charge on any atom is -0.359 e. The molecule has 0 saturated carbocycles. The molecular weight excluding hydrogens is 143 g/mol. The molecule has 0 aliphatic rings. The van der Waals surface area contributed by atoms with Crippen LogP contribution in [0, 0.1) is 0 Å². The molecule has 0 aromatic heterocycles. The molecular formula is C6H13BN2S. The molecule has 0 aliphatic carbocycles.